The molecule has 0 aromatic heterocycles. The van der Waals surface area contributed by atoms with E-state index in [9.17, 15) is 8.42 Å². The maximum Gasteiger partial charge on any atom is 0.267 e. The Hall–Kier alpha value is -0.130. The highest BCUT2D eigenvalue weighted by atomic mass is 32.2. The predicted molar refractivity (Wildman–Crippen MR) is 60.5 cm³/mol. The van der Waals surface area contributed by atoms with Crippen molar-refractivity contribution >= 4 is 10.1 Å². The molecule has 1 N–H and O–H groups in total. The maximum atomic E-state index is 10.9. The Balaban J connectivity index is 2.24. The molecule has 1 rings (SSSR count). The molecule has 0 spiro atoms. The monoisotopic (exact) mass is 235 g/mol. The van der Waals surface area contributed by atoms with Gasteiger partial charge in [-0.15, -0.1) is 0 Å². The van der Waals surface area contributed by atoms with Gasteiger partial charge < -0.3 is 4.90 Å². The van der Waals surface area contributed by atoms with Crippen LogP contribution in [0.1, 0.15) is 39.0 Å². The molecule has 1 aliphatic rings. The van der Waals surface area contributed by atoms with Crippen molar-refractivity contribution in [2.75, 3.05) is 19.6 Å². The molecule has 1 aliphatic heterocycles. The fraction of sp³-hybridized carbons (Fsp3) is 1.00. The van der Waals surface area contributed by atoms with E-state index in [-0.39, 0.29) is 0 Å². The molecule has 0 saturated carbocycles. The lowest BCUT2D eigenvalue weighted by atomic mass is 10.1. The Labute approximate surface area is 92.4 Å². The normalized spacial score (nSPS) is 20.7. The lowest BCUT2D eigenvalue weighted by Gasteiger charge is -2.30. The van der Waals surface area contributed by atoms with Crippen LogP contribution in [0.4, 0.5) is 0 Å². The first-order chi connectivity index (χ1) is 7.04. The van der Waals surface area contributed by atoms with Crippen LogP contribution in [0.2, 0.25) is 0 Å². The molecule has 0 amide bonds. The van der Waals surface area contributed by atoms with Crippen molar-refractivity contribution in [3.8, 4) is 0 Å². The molecule has 0 radical (unpaired) electrons. The minimum Gasteiger partial charge on any atom is -0.303 e. The van der Waals surface area contributed by atoms with Gasteiger partial charge in [-0.25, -0.2) is 0 Å². The van der Waals surface area contributed by atoms with Gasteiger partial charge in [0.05, 0.1) is 5.25 Å². The van der Waals surface area contributed by atoms with Crippen LogP contribution < -0.4 is 0 Å². The Kier molecular flexibility index (Phi) is 5.02. The standard InChI is InChI=1S/C10H21NO3S/c1-2-3-4-7-11-8-5-10(6-9-11)15(12,13)14/h10H,2-9H2,1H3,(H,12,13,14). The molecule has 1 heterocycles. The zero-order valence-corrected chi connectivity index (χ0v) is 10.2. The second-order valence-corrected chi connectivity index (χ2v) is 5.96. The number of hydrogen-bond donors (Lipinski definition) is 1. The van der Waals surface area contributed by atoms with E-state index >= 15 is 0 Å². The van der Waals surface area contributed by atoms with E-state index in [0.29, 0.717) is 12.8 Å². The first-order valence-corrected chi connectivity index (χ1v) is 7.23. The highest BCUT2D eigenvalue weighted by Gasteiger charge is 2.27. The third-order valence-corrected chi connectivity index (χ3v) is 4.35. The molecule has 1 saturated heterocycles. The lowest BCUT2D eigenvalue weighted by Crippen LogP contribution is -2.39. The quantitative estimate of drug-likeness (QED) is 0.580. The zero-order chi connectivity index (χ0) is 11.3. The van der Waals surface area contributed by atoms with Gasteiger partial charge in [0.1, 0.15) is 0 Å². The van der Waals surface area contributed by atoms with Crippen LogP contribution in [0.15, 0.2) is 0 Å². The molecule has 4 nitrogen and oxygen atoms in total. The Bertz CT molecular complexity index is 268. The van der Waals surface area contributed by atoms with E-state index < -0.39 is 15.4 Å². The number of nitrogens with zero attached hydrogens (tertiary/aromatic N) is 1. The van der Waals surface area contributed by atoms with Crippen molar-refractivity contribution in [3.63, 3.8) is 0 Å². The van der Waals surface area contributed by atoms with Crippen molar-refractivity contribution in [1.82, 2.24) is 4.90 Å². The van der Waals surface area contributed by atoms with Crippen LogP contribution in [0.25, 0.3) is 0 Å². The SMILES string of the molecule is CCCCCN1CCC(S(=O)(=O)O)CC1. The zero-order valence-electron chi connectivity index (χ0n) is 9.35. The summed E-state index contributed by atoms with van der Waals surface area (Å²) in [6.45, 7) is 4.83. The van der Waals surface area contributed by atoms with Gasteiger partial charge in [0, 0.05) is 0 Å². The van der Waals surface area contributed by atoms with E-state index in [1.165, 1.54) is 19.3 Å². The number of likely N-dealkylation sites (tertiary alicyclic amines) is 1. The van der Waals surface area contributed by atoms with Crippen molar-refractivity contribution in [2.24, 2.45) is 0 Å². The van der Waals surface area contributed by atoms with Gasteiger partial charge in [0.2, 0.25) is 0 Å². The number of hydrogen-bond acceptors (Lipinski definition) is 3. The van der Waals surface area contributed by atoms with E-state index in [1.807, 2.05) is 0 Å². The number of rotatable bonds is 5. The molecule has 0 aliphatic carbocycles. The summed E-state index contributed by atoms with van der Waals surface area (Å²) in [5.74, 6) is 0. The fourth-order valence-electron chi connectivity index (χ4n) is 2.02. The predicted octanol–water partition coefficient (Wildman–Crippen LogP) is 1.53. The molecule has 1 fully saturated rings. The van der Waals surface area contributed by atoms with Crippen molar-refractivity contribution in [3.05, 3.63) is 0 Å². The second kappa shape index (κ2) is 5.82. The lowest BCUT2D eigenvalue weighted by molar-refractivity contribution is 0.222. The Morgan fingerprint density at radius 3 is 2.33 bits per heavy atom. The fourth-order valence-corrected chi connectivity index (χ4v) is 2.82. The third-order valence-electron chi connectivity index (χ3n) is 3.03. The first kappa shape index (κ1) is 12.9. The van der Waals surface area contributed by atoms with E-state index in [4.69, 9.17) is 4.55 Å². The van der Waals surface area contributed by atoms with Gasteiger partial charge in [-0.1, -0.05) is 19.8 Å². The largest absolute Gasteiger partial charge is 0.303 e. The minimum absolute atomic E-state index is 0.528. The van der Waals surface area contributed by atoms with E-state index in [1.54, 1.807) is 0 Å². The molecular weight excluding hydrogens is 214 g/mol. The summed E-state index contributed by atoms with van der Waals surface area (Å²) < 4.78 is 30.7. The summed E-state index contributed by atoms with van der Waals surface area (Å²) in [7, 11) is -3.80. The minimum atomic E-state index is -3.80. The maximum absolute atomic E-state index is 10.9. The molecule has 0 bridgehead atoms. The van der Waals surface area contributed by atoms with Gasteiger partial charge >= 0.3 is 0 Å². The molecule has 0 atom stereocenters. The summed E-state index contributed by atoms with van der Waals surface area (Å²) in [6, 6.07) is 0. The Morgan fingerprint density at radius 1 is 1.27 bits per heavy atom. The molecule has 90 valence electrons. The summed E-state index contributed by atoms with van der Waals surface area (Å²) in [5.41, 5.74) is 0. The van der Waals surface area contributed by atoms with Crippen LogP contribution in [-0.4, -0.2) is 42.8 Å². The topological polar surface area (TPSA) is 57.6 Å². The van der Waals surface area contributed by atoms with Gasteiger partial charge in [-0.2, -0.15) is 8.42 Å². The first-order valence-electron chi connectivity index (χ1n) is 5.72. The highest BCUT2D eigenvalue weighted by molar-refractivity contribution is 7.86. The van der Waals surface area contributed by atoms with Crippen LogP contribution in [0.3, 0.4) is 0 Å². The number of unbranched alkanes of at least 4 members (excludes halogenated alkanes) is 2. The molecule has 0 aromatic rings. The summed E-state index contributed by atoms with van der Waals surface area (Å²) >= 11 is 0. The summed E-state index contributed by atoms with van der Waals surface area (Å²) in [4.78, 5) is 2.29. The molecule has 0 aromatic carbocycles. The van der Waals surface area contributed by atoms with Crippen LogP contribution in [0, 0.1) is 0 Å². The van der Waals surface area contributed by atoms with E-state index in [0.717, 1.165) is 19.6 Å². The molecule has 0 unspecified atom stereocenters. The van der Waals surface area contributed by atoms with Crippen molar-refractivity contribution in [1.29, 1.82) is 0 Å². The summed E-state index contributed by atoms with van der Waals surface area (Å²) in [6.07, 6.45) is 4.78. The Morgan fingerprint density at radius 2 is 1.87 bits per heavy atom. The molecule has 5 heteroatoms. The van der Waals surface area contributed by atoms with Crippen molar-refractivity contribution < 1.29 is 13.0 Å². The molecule has 15 heavy (non-hydrogen) atoms. The number of piperidine rings is 1. The molecular formula is C10H21NO3S. The van der Waals surface area contributed by atoms with Crippen molar-refractivity contribution in [2.45, 2.75) is 44.3 Å². The highest BCUT2D eigenvalue weighted by Crippen LogP contribution is 2.17. The van der Waals surface area contributed by atoms with Gasteiger partial charge in [-0.3, -0.25) is 4.55 Å². The summed E-state index contributed by atoms with van der Waals surface area (Å²) in [5, 5.41) is -0.528. The van der Waals surface area contributed by atoms with Gasteiger partial charge in [0.15, 0.2) is 0 Å². The van der Waals surface area contributed by atoms with Crippen LogP contribution >= 0.6 is 0 Å². The van der Waals surface area contributed by atoms with Gasteiger partial charge in [-0.05, 0) is 38.9 Å². The third kappa shape index (κ3) is 4.49. The van der Waals surface area contributed by atoms with Gasteiger partial charge in [0.25, 0.3) is 10.1 Å². The van der Waals surface area contributed by atoms with E-state index in [2.05, 4.69) is 11.8 Å². The average molecular weight is 235 g/mol. The average Bonchev–Trinajstić information content (AvgIpc) is 2.18. The second-order valence-electron chi connectivity index (χ2n) is 4.26. The van der Waals surface area contributed by atoms with Crippen LogP contribution in [-0.2, 0) is 10.1 Å². The smallest absolute Gasteiger partial charge is 0.267 e. The van der Waals surface area contributed by atoms with Crippen LogP contribution in [0.5, 0.6) is 0 Å².